The first-order valence-corrected chi connectivity index (χ1v) is 4.56. The Morgan fingerprint density at radius 1 is 1.58 bits per heavy atom. The third-order valence-electron chi connectivity index (χ3n) is 3.28. The number of nitrogens with zero attached hydrogens (tertiary/aromatic N) is 2. The van der Waals surface area contributed by atoms with Crippen LogP contribution in [0.25, 0.3) is 0 Å². The van der Waals surface area contributed by atoms with Crippen LogP contribution in [0.1, 0.15) is 19.3 Å². The summed E-state index contributed by atoms with van der Waals surface area (Å²) in [5, 5.41) is 18.7. The minimum atomic E-state index is -0.665. The highest BCUT2D eigenvalue weighted by Crippen LogP contribution is 2.37. The zero-order valence-corrected chi connectivity index (χ0v) is 7.16. The van der Waals surface area contributed by atoms with Crippen LogP contribution in [0.15, 0.2) is 0 Å². The average molecular weight is 166 g/mol. The Morgan fingerprint density at radius 2 is 2.42 bits per heavy atom. The van der Waals surface area contributed by atoms with Gasteiger partial charge < -0.3 is 10.0 Å². The molecule has 66 valence electrons. The maximum Gasteiger partial charge on any atom is 0.0829 e. The van der Waals surface area contributed by atoms with Crippen molar-refractivity contribution in [2.24, 2.45) is 5.92 Å². The molecule has 2 fully saturated rings. The summed E-state index contributed by atoms with van der Waals surface area (Å²) >= 11 is 0. The van der Waals surface area contributed by atoms with Crippen LogP contribution < -0.4 is 0 Å². The molecule has 3 heteroatoms. The molecule has 3 atom stereocenters. The number of nitriles is 1. The second-order valence-corrected chi connectivity index (χ2v) is 3.97. The maximum atomic E-state index is 10.1. The van der Waals surface area contributed by atoms with E-state index in [1.807, 2.05) is 0 Å². The molecule has 0 aromatic heterocycles. The van der Waals surface area contributed by atoms with Crippen molar-refractivity contribution in [1.29, 1.82) is 5.26 Å². The van der Waals surface area contributed by atoms with Gasteiger partial charge in [0, 0.05) is 19.0 Å². The minimum absolute atomic E-state index is 0.311. The van der Waals surface area contributed by atoms with Crippen LogP contribution in [0, 0.1) is 17.2 Å². The van der Waals surface area contributed by atoms with Crippen molar-refractivity contribution in [1.82, 2.24) is 4.90 Å². The summed E-state index contributed by atoms with van der Waals surface area (Å²) in [5.41, 5.74) is -0.665. The average Bonchev–Trinajstić information content (AvgIpc) is 2.45. The minimum Gasteiger partial charge on any atom is -0.388 e. The third kappa shape index (κ3) is 1.12. The first-order chi connectivity index (χ1) is 5.74. The van der Waals surface area contributed by atoms with Crippen LogP contribution in [0.4, 0.5) is 0 Å². The summed E-state index contributed by atoms with van der Waals surface area (Å²) < 4.78 is 0. The topological polar surface area (TPSA) is 47.3 Å². The lowest BCUT2D eigenvalue weighted by molar-refractivity contribution is -0.0403. The SMILES string of the molecule is N#CCC1(O)CCN2CCC1C2. The van der Waals surface area contributed by atoms with E-state index in [-0.39, 0.29) is 0 Å². The molecule has 0 radical (unpaired) electrons. The lowest BCUT2D eigenvalue weighted by Gasteiger charge is -2.36. The molecule has 0 aliphatic carbocycles. The molecule has 2 aliphatic heterocycles. The molecule has 2 heterocycles. The lowest BCUT2D eigenvalue weighted by Crippen LogP contribution is -2.46. The molecule has 3 unspecified atom stereocenters. The van der Waals surface area contributed by atoms with Crippen molar-refractivity contribution in [2.75, 3.05) is 19.6 Å². The Bertz CT molecular complexity index is 223. The lowest BCUT2D eigenvalue weighted by atomic mass is 9.80. The molecule has 0 aromatic carbocycles. The highest BCUT2D eigenvalue weighted by molar-refractivity contribution is 5.01. The fourth-order valence-corrected chi connectivity index (χ4v) is 2.40. The van der Waals surface area contributed by atoms with Crippen molar-refractivity contribution >= 4 is 0 Å². The van der Waals surface area contributed by atoms with Gasteiger partial charge in [-0.1, -0.05) is 0 Å². The summed E-state index contributed by atoms with van der Waals surface area (Å²) in [5.74, 6) is 0.353. The zero-order valence-electron chi connectivity index (χ0n) is 7.16. The van der Waals surface area contributed by atoms with E-state index in [2.05, 4.69) is 11.0 Å². The molecule has 0 aromatic rings. The van der Waals surface area contributed by atoms with Gasteiger partial charge in [-0.15, -0.1) is 0 Å². The molecule has 3 nitrogen and oxygen atoms in total. The van der Waals surface area contributed by atoms with Gasteiger partial charge in [0.05, 0.1) is 18.1 Å². The largest absolute Gasteiger partial charge is 0.388 e. The van der Waals surface area contributed by atoms with Gasteiger partial charge in [0.2, 0.25) is 0 Å². The van der Waals surface area contributed by atoms with Crippen LogP contribution in [-0.4, -0.2) is 35.2 Å². The van der Waals surface area contributed by atoms with Gasteiger partial charge in [0.15, 0.2) is 0 Å². The van der Waals surface area contributed by atoms with Gasteiger partial charge in [-0.25, -0.2) is 0 Å². The predicted octanol–water partition coefficient (Wildman–Crippen LogP) is 0.357. The van der Waals surface area contributed by atoms with Crippen molar-refractivity contribution in [2.45, 2.75) is 24.9 Å². The highest BCUT2D eigenvalue weighted by Gasteiger charge is 2.44. The van der Waals surface area contributed by atoms with Gasteiger partial charge in [0.1, 0.15) is 0 Å². The Labute approximate surface area is 72.6 Å². The van der Waals surface area contributed by atoms with E-state index in [0.717, 1.165) is 32.5 Å². The zero-order chi connectivity index (χ0) is 8.60. The first-order valence-electron chi connectivity index (χ1n) is 4.56. The van der Waals surface area contributed by atoms with Crippen molar-refractivity contribution < 1.29 is 5.11 Å². The molecule has 1 N–H and O–H groups in total. The van der Waals surface area contributed by atoms with Gasteiger partial charge >= 0.3 is 0 Å². The van der Waals surface area contributed by atoms with Gasteiger partial charge in [-0.05, 0) is 19.4 Å². The number of piperidine rings is 1. The molecular weight excluding hydrogens is 152 g/mol. The summed E-state index contributed by atoms with van der Waals surface area (Å²) in [7, 11) is 0. The number of aliphatic hydroxyl groups is 1. The maximum absolute atomic E-state index is 10.1. The Kier molecular flexibility index (Phi) is 1.82. The van der Waals surface area contributed by atoms with Crippen molar-refractivity contribution in [3.8, 4) is 6.07 Å². The molecule has 2 rings (SSSR count). The monoisotopic (exact) mass is 166 g/mol. The summed E-state index contributed by atoms with van der Waals surface area (Å²) in [4.78, 5) is 2.37. The summed E-state index contributed by atoms with van der Waals surface area (Å²) in [6, 6.07) is 2.09. The molecule has 2 bridgehead atoms. The van der Waals surface area contributed by atoms with E-state index in [1.54, 1.807) is 0 Å². The van der Waals surface area contributed by atoms with Crippen molar-refractivity contribution in [3.05, 3.63) is 0 Å². The standard InChI is InChI=1S/C9H14N2O/c10-4-2-9(12)3-6-11-5-1-8(9)7-11/h8,12H,1-3,5-7H2. The normalized spacial score (nSPS) is 45.7. The quantitative estimate of drug-likeness (QED) is 0.611. The second kappa shape index (κ2) is 2.72. The molecule has 0 saturated carbocycles. The Hall–Kier alpha value is -0.590. The van der Waals surface area contributed by atoms with Crippen LogP contribution in [-0.2, 0) is 0 Å². The van der Waals surface area contributed by atoms with E-state index < -0.39 is 5.60 Å². The first kappa shape index (κ1) is 8.03. The van der Waals surface area contributed by atoms with E-state index in [1.165, 1.54) is 0 Å². The molecule has 0 amide bonds. The predicted molar refractivity (Wildman–Crippen MR) is 44.3 cm³/mol. The number of hydrogen-bond donors (Lipinski definition) is 1. The van der Waals surface area contributed by atoms with E-state index in [9.17, 15) is 5.11 Å². The van der Waals surface area contributed by atoms with Crippen LogP contribution in [0.5, 0.6) is 0 Å². The summed E-state index contributed by atoms with van der Waals surface area (Å²) in [6.45, 7) is 3.07. The molecule has 2 aliphatic rings. The smallest absolute Gasteiger partial charge is 0.0829 e. The Balaban J connectivity index is 2.11. The molecule has 12 heavy (non-hydrogen) atoms. The van der Waals surface area contributed by atoms with Crippen LogP contribution in [0.2, 0.25) is 0 Å². The molecule has 2 saturated heterocycles. The third-order valence-corrected chi connectivity index (χ3v) is 3.28. The summed E-state index contributed by atoms with van der Waals surface area (Å²) in [6.07, 6.45) is 2.16. The fourth-order valence-electron chi connectivity index (χ4n) is 2.40. The highest BCUT2D eigenvalue weighted by atomic mass is 16.3. The second-order valence-electron chi connectivity index (χ2n) is 3.97. The number of fused-ring (bicyclic) bond motifs is 2. The van der Waals surface area contributed by atoms with E-state index >= 15 is 0 Å². The van der Waals surface area contributed by atoms with Crippen LogP contribution in [0.3, 0.4) is 0 Å². The Morgan fingerprint density at radius 3 is 3.17 bits per heavy atom. The van der Waals surface area contributed by atoms with Gasteiger partial charge in [-0.2, -0.15) is 5.26 Å². The van der Waals surface area contributed by atoms with Crippen LogP contribution >= 0.6 is 0 Å². The molecule has 0 spiro atoms. The van der Waals surface area contributed by atoms with Gasteiger partial charge in [-0.3, -0.25) is 0 Å². The number of hydrogen-bond acceptors (Lipinski definition) is 3. The van der Waals surface area contributed by atoms with E-state index in [4.69, 9.17) is 5.26 Å². The fraction of sp³-hybridized carbons (Fsp3) is 0.889. The molecular formula is C9H14N2O. The van der Waals surface area contributed by atoms with Crippen molar-refractivity contribution in [3.63, 3.8) is 0 Å². The van der Waals surface area contributed by atoms with Gasteiger partial charge in [0.25, 0.3) is 0 Å². The van der Waals surface area contributed by atoms with E-state index in [0.29, 0.717) is 12.3 Å². The number of rotatable bonds is 1.